The molecule has 0 unspecified atom stereocenters. The van der Waals surface area contributed by atoms with Crippen molar-refractivity contribution in [3.8, 4) is 27.9 Å². The highest BCUT2D eigenvalue weighted by Crippen LogP contribution is 2.56. The van der Waals surface area contributed by atoms with Crippen LogP contribution in [0.2, 0.25) is 0 Å². The Kier molecular flexibility index (Phi) is 8.77. The average Bonchev–Trinajstić information content (AvgIpc) is 2.93. The van der Waals surface area contributed by atoms with Crippen LogP contribution in [0, 0.1) is 0 Å². The van der Waals surface area contributed by atoms with Crippen molar-refractivity contribution in [3.63, 3.8) is 0 Å². The van der Waals surface area contributed by atoms with Gasteiger partial charge in [-0.1, -0.05) is 183 Å². The van der Waals surface area contributed by atoms with Gasteiger partial charge in [0.1, 0.15) is 0 Å². The van der Waals surface area contributed by atoms with Gasteiger partial charge in [-0.2, -0.15) is 0 Å². The monoisotopic (exact) mass is 1120 g/mol. The molecule has 0 N–H and O–H groups in total. The van der Waals surface area contributed by atoms with Crippen LogP contribution in [-0.4, -0.2) is 13.4 Å². The van der Waals surface area contributed by atoms with Crippen LogP contribution >= 0.6 is 34.0 Å². The molecular weight excluding hydrogens is 1080 g/mol. The minimum absolute atomic E-state index is 0.623. The van der Waals surface area contributed by atoms with Crippen LogP contribution in [0.25, 0.3) is 186 Å². The van der Waals surface area contributed by atoms with Crippen molar-refractivity contribution in [2.45, 2.75) is 38.0 Å². The summed E-state index contributed by atoms with van der Waals surface area (Å²) in [7, 11) is 0. The molecule has 1 aliphatic carbocycles. The molecule has 84 heavy (non-hydrogen) atoms. The summed E-state index contributed by atoms with van der Waals surface area (Å²) in [5.41, 5.74) is 17.9. The molecule has 1 saturated carbocycles. The molecule has 0 bridgehead atoms. The maximum absolute atomic E-state index is 2.70. The molecule has 8 aromatic heterocycles. The van der Waals surface area contributed by atoms with Crippen molar-refractivity contribution in [3.05, 3.63) is 224 Å². The number of benzene rings is 12. The molecule has 1 fully saturated rings. The fourth-order valence-corrected chi connectivity index (χ4v) is 20.3. The van der Waals surface area contributed by atoms with Gasteiger partial charge in [0.05, 0.1) is 44.1 Å². The first-order valence-corrected chi connectivity index (χ1v) is 32.2. The third kappa shape index (κ3) is 5.63. The van der Waals surface area contributed by atoms with Gasteiger partial charge in [-0.25, -0.2) is 0 Å². The van der Waals surface area contributed by atoms with Gasteiger partial charge in [0.2, 0.25) is 0 Å². The third-order valence-electron chi connectivity index (χ3n) is 19.9. The number of thiophene rings is 3. The summed E-state index contributed by atoms with van der Waals surface area (Å²) in [6, 6.07) is 84.3. The number of fused-ring (bicyclic) bond motifs is 26. The number of rotatable bonds is 4. The highest BCUT2D eigenvalue weighted by Gasteiger charge is 2.30. The van der Waals surface area contributed by atoms with E-state index in [1.165, 1.54) is 219 Å². The van der Waals surface area contributed by atoms with E-state index in [-0.39, 0.29) is 0 Å². The van der Waals surface area contributed by atoms with E-state index >= 15 is 0 Å². The van der Waals surface area contributed by atoms with Gasteiger partial charge >= 0.3 is 0 Å². The van der Waals surface area contributed by atoms with Crippen molar-refractivity contribution in [2.75, 3.05) is 0 Å². The van der Waals surface area contributed by atoms with Gasteiger partial charge in [-0.05, 0) is 90.0 Å². The lowest BCUT2D eigenvalue weighted by Gasteiger charge is -2.22. The fourth-order valence-electron chi connectivity index (χ4n) is 16.5. The fraction of sp³-hybridized carbons (Fsp3) is 0.0769. The predicted octanol–water partition coefficient (Wildman–Crippen LogP) is 23.6. The Hall–Kier alpha value is -9.30. The van der Waals surface area contributed by atoms with Crippen LogP contribution in [0.1, 0.15) is 43.6 Å². The van der Waals surface area contributed by atoms with Crippen molar-refractivity contribution in [2.24, 2.45) is 0 Å². The molecule has 6 heteroatoms. The van der Waals surface area contributed by atoms with Crippen molar-refractivity contribution in [1.82, 2.24) is 13.4 Å². The van der Waals surface area contributed by atoms with E-state index in [0.717, 1.165) is 0 Å². The number of hydrogen-bond donors (Lipinski definition) is 0. The highest BCUT2D eigenvalue weighted by atomic mass is 32.1. The lowest BCUT2D eigenvalue weighted by molar-refractivity contribution is 0.446. The molecule has 3 nitrogen and oxygen atoms in total. The zero-order chi connectivity index (χ0) is 54.2. The normalized spacial score (nSPS) is 14.1. The first kappa shape index (κ1) is 45.2. The molecule has 21 rings (SSSR count). The lowest BCUT2D eigenvalue weighted by Crippen LogP contribution is -2.04. The second kappa shape index (κ2) is 16.3. The Morgan fingerprint density at radius 3 is 1.27 bits per heavy atom. The van der Waals surface area contributed by atoms with Crippen molar-refractivity contribution in [1.29, 1.82) is 0 Å². The van der Waals surface area contributed by atoms with E-state index in [9.17, 15) is 0 Å². The molecule has 20 aromatic rings. The lowest BCUT2D eigenvalue weighted by atomic mass is 9.84. The second-order valence-corrected chi connectivity index (χ2v) is 27.1. The maximum atomic E-state index is 2.70. The average molecular weight is 1120 g/mol. The molecule has 0 saturated heterocycles. The van der Waals surface area contributed by atoms with E-state index in [2.05, 4.69) is 232 Å². The van der Waals surface area contributed by atoms with Crippen LogP contribution in [-0.2, 0) is 0 Å². The van der Waals surface area contributed by atoms with Gasteiger partial charge in [0, 0.05) is 131 Å². The van der Waals surface area contributed by atoms with Crippen molar-refractivity contribution < 1.29 is 0 Å². The van der Waals surface area contributed by atoms with E-state index in [0.29, 0.717) is 5.92 Å². The van der Waals surface area contributed by atoms with Gasteiger partial charge in [-0.15, -0.1) is 34.0 Å². The molecule has 0 radical (unpaired) electrons. The summed E-state index contributed by atoms with van der Waals surface area (Å²) >= 11 is 5.95. The van der Waals surface area contributed by atoms with E-state index in [1.54, 1.807) is 5.56 Å². The van der Waals surface area contributed by atoms with Crippen molar-refractivity contribution >= 4 is 193 Å². The molecule has 392 valence electrons. The zero-order valence-corrected chi connectivity index (χ0v) is 47.9. The Morgan fingerprint density at radius 2 is 0.714 bits per heavy atom. The minimum atomic E-state index is 0.623. The van der Waals surface area contributed by atoms with E-state index in [1.807, 2.05) is 34.0 Å². The van der Waals surface area contributed by atoms with Crippen LogP contribution in [0.3, 0.4) is 0 Å². The molecule has 0 atom stereocenters. The molecular formula is C78H47N3S3. The van der Waals surface area contributed by atoms with Crippen LogP contribution in [0.4, 0.5) is 0 Å². The SMILES string of the molecule is c1ccc2c(c1)sc1c2c(-c2cccc3c4cccc5c6ccccc6n(c23)c54)cc2c1c1c3sc4ccccc4c3c(-c3cccc4c5cccc6c7ccccc7n(c34)c65)cc1n2-c1ccc2sc3c(C4CCCCC4)cccc3c2c1. The third-order valence-corrected chi connectivity index (χ3v) is 23.5. The van der Waals surface area contributed by atoms with Gasteiger partial charge in [-0.3, -0.25) is 0 Å². The summed E-state index contributed by atoms with van der Waals surface area (Å²) in [6.45, 7) is 0. The summed E-state index contributed by atoms with van der Waals surface area (Å²) < 4.78 is 16.0. The molecule has 0 amide bonds. The van der Waals surface area contributed by atoms with Crippen LogP contribution in [0.5, 0.6) is 0 Å². The Morgan fingerprint density at radius 1 is 0.286 bits per heavy atom. The van der Waals surface area contributed by atoms with Gasteiger partial charge < -0.3 is 13.4 Å². The molecule has 0 aliphatic heterocycles. The smallest absolute Gasteiger partial charge is 0.0620 e. The van der Waals surface area contributed by atoms with Crippen LogP contribution < -0.4 is 0 Å². The second-order valence-electron chi connectivity index (χ2n) is 23.9. The number of aromatic nitrogens is 3. The molecule has 1 aliphatic rings. The first-order chi connectivity index (χ1) is 41.7. The highest BCUT2D eigenvalue weighted by molar-refractivity contribution is 7.28. The summed E-state index contributed by atoms with van der Waals surface area (Å²) in [5, 5.41) is 21.0. The number of nitrogens with zero attached hydrogens (tertiary/aromatic N) is 3. The molecule has 8 heterocycles. The Balaban J connectivity index is 0.965. The van der Waals surface area contributed by atoms with Gasteiger partial charge in [0.15, 0.2) is 0 Å². The van der Waals surface area contributed by atoms with E-state index < -0.39 is 0 Å². The minimum Gasteiger partial charge on any atom is -0.309 e. The Labute approximate surface area is 492 Å². The molecule has 0 spiro atoms. The van der Waals surface area contributed by atoms with E-state index in [4.69, 9.17) is 0 Å². The largest absolute Gasteiger partial charge is 0.309 e. The standard InChI is InChI=1S/C78H47N3S3/c1-2-17-42(18-3-1)44-23-12-32-55-58-39-43(37-38-67(58)82-76(44)55)79-63-40-59(53-30-15-28-51-49-26-13-24-47-45-19-4-8-33-61(45)80(72(47)49)74(51)53)68-56-21-6-10-35-65(56)83-77(68)70(63)71-64(79)41-60(69-57-22-7-11-36-66(57)84-78(69)71)54-31-16-29-52-50-27-14-25-48-46-20-5-9-34-62(46)81(73(48)50)75(52)54/h4-16,19-42H,1-3,17-18H2. The number of hydrogen-bond acceptors (Lipinski definition) is 3. The van der Waals surface area contributed by atoms with Crippen LogP contribution in [0.15, 0.2) is 218 Å². The quantitative estimate of drug-likeness (QED) is 0.167. The topological polar surface area (TPSA) is 13.8 Å². The summed E-state index contributed by atoms with van der Waals surface area (Å²) in [6.07, 6.45) is 6.57. The molecule has 12 aromatic carbocycles. The summed E-state index contributed by atoms with van der Waals surface area (Å²) in [4.78, 5) is 0. The Bertz CT molecular complexity index is 5970. The zero-order valence-electron chi connectivity index (χ0n) is 45.5. The number of para-hydroxylation sites is 6. The maximum Gasteiger partial charge on any atom is 0.0620 e. The van der Waals surface area contributed by atoms with Gasteiger partial charge in [0.25, 0.3) is 0 Å². The first-order valence-electron chi connectivity index (χ1n) is 29.8. The predicted molar refractivity (Wildman–Crippen MR) is 365 cm³/mol. The summed E-state index contributed by atoms with van der Waals surface area (Å²) in [5.74, 6) is 0.623.